The Morgan fingerprint density at radius 2 is 1.97 bits per heavy atom. The molecule has 0 atom stereocenters. The van der Waals surface area contributed by atoms with Gasteiger partial charge in [-0.05, 0) is 41.8 Å². The van der Waals surface area contributed by atoms with Gasteiger partial charge in [0.05, 0.1) is 15.8 Å². The first-order valence-electron chi connectivity index (χ1n) is 9.42. The van der Waals surface area contributed by atoms with Gasteiger partial charge in [0.2, 0.25) is 11.2 Å². The van der Waals surface area contributed by atoms with Gasteiger partial charge in [-0.15, -0.1) is 11.3 Å². The first-order valence-corrected chi connectivity index (χ1v) is 10.3. The van der Waals surface area contributed by atoms with Crippen LogP contribution in [-0.2, 0) is 16.1 Å². The van der Waals surface area contributed by atoms with E-state index in [1.807, 2.05) is 17.5 Å². The molecule has 7 nitrogen and oxygen atoms in total. The molecule has 0 spiro atoms. The van der Waals surface area contributed by atoms with Crippen LogP contribution in [0.3, 0.4) is 0 Å². The van der Waals surface area contributed by atoms with E-state index in [0.29, 0.717) is 33.5 Å². The highest BCUT2D eigenvalue weighted by molar-refractivity contribution is 7.13. The van der Waals surface area contributed by atoms with Crippen molar-refractivity contribution in [3.05, 3.63) is 81.3 Å². The van der Waals surface area contributed by atoms with Crippen LogP contribution in [0.15, 0.2) is 69.2 Å². The Kier molecular flexibility index (Phi) is 4.76. The van der Waals surface area contributed by atoms with Crippen molar-refractivity contribution in [2.45, 2.75) is 6.61 Å². The minimum absolute atomic E-state index is 0.00995. The molecular weight excluding hydrogens is 418 g/mol. The third kappa shape index (κ3) is 3.57. The number of fused-ring (bicyclic) bond motifs is 2. The summed E-state index contributed by atoms with van der Waals surface area (Å²) in [5.74, 6) is -0.542. The average Bonchev–Trinajstić information content (AvgIpc) is 3.43. The zero-order valence-corrected chi connectivity index (χ0v) is 16.9. The molecule has 0 bridgehead atoms. The molecule has 1 N–H and O–H groups in total. The molecule has 0 unspecified atom stereocenters. The number of nitrogens with one attached hydrogen (secondary N) is 1. The summed E-state index contributed by atoms with van der Waals surface area (Å²) >= 11 is 1.40. The normalized spacial score (nSPS) is 12.5. The van der Waals surface area contributed by atoms with Crippen LogP contribution in [0.25, 0.3) is 21.6 Å². The third-order valence-electron chi connectivity index (χ3n) is 4.82. The zero-order chi connectivity index (χ0) is 21.4. The Balaban J connectivity index is 1.40. The first-order chi connectivity index (χ1) is 15.1. The predicted octanol–water partition coefficient (Wildman–Crippen LogP) is 4.21. The number of amides is 1. The van der Waals surface area contributed by atoms with E-state index in [-0.39, 0.29) is 30.4 Å². The van der Waals surface area contributed by atoms with Crippen molar-refractivity contribution in [3.63, 3.8) is 0 Å². The van der Waals surface area contributed by atoms with Crippen molar-refractivity contribution in [1.29, 1.82) is 0 Å². The standard InChI is InChI=1S/C23H15NO6S/c25-19(24-14-7-8-15-13(10-14)11-29-23(15)27)12-28-22-20(26)16-4-1-2-5-17(16)30-21(22)18-6-3-9-31-18/h1-10H,11-12H2,(H,24,25). The van der Waals surface area contributed by atoms with Gasteiger partial charge in [0.25, 0.3) is 5.91 Å². The molecule has 5 rings (SSSR count). The number of anilines is 1. The summed E-state index contributed by atoms with van der Waals surface area (Å²) in [4.78, 5) is 37.7. The van der Waals surface area contributed by atoms with Gasteiger partial charge in [-0.25, -0.2) is 4.79 Å². The molecule has 31 heavy (non-hydrogen) atoms. The van der Waals surface area contributed by atoms with Crippen molar-refractivity contribution in [2.24, 2.45) is 0 Å². The van der Waals surface area contributed by atoms with Gasteiger partial charge >= 0.3 is 5.97 Å². The zero-order valence-electron chi connectivity index (χ0n) is 16.0. The predicted molar refractivity (Wildman–Crippen MR) is 115 cm³/mol. The summed E-state index contributed by atoms with van der Waals surface area (Å²) in [6, 6.07) is 15.5. The van der Waals surface area contributed by atoms with E-state index in [9.17, 15) is 14.4 Å². The van der Waals surface area contributed by atoms with E-state index < -0.39 is 5.91 Å². The third-order valence-corrected chi connectivity index (χ3v) is 5.69. The van der Waals surface area contributed by atoms with Crippen LogP contribution in [0, 0.1) is 0 Å². The highest BCUT2D eigenvalue weighted by atomic mass is 32.1. The highest BCUT2D eigenvalue weighted by Gasteiger charge is 2.22. The molecule has 154 valence electrons. The van der Waals surface area contributed by atoms with Crippen molar-refractivity contribution < 1.29 is 23.5 Å². The number of para-hydroxylation sites is 1. The molecule has 0 fully saturated rings. The quantitative estimate of drug-likeness (QED) is 0.474. The second-order valence-corrected chi connectivity index (χ2v) is 7.80. The molecule has 0 aliphatic carbocycles. The summed E-state index contributed by atoms with van der Waals surface area (Å²) in [5.41, 5.74) is 1.81. The lowest BCUT2D eigenvalue weighted by molar-refractivity contribution is -0.118. The molecule has 0 saturated heterocycles. The van der Waals surface area contributed by atoms with Crippen LogP contribution in [0.1, 0.15) is 15.9 Å². The minimum atomic E-state index is -0.449. The van der Waals surface area contributed by atoms with Gasteiger partial charge in [0, 0.05) is 11.3 Å². The van der Waals surface area contributed by atoms with Crippen LogP contribution in [-0.4, -0.2) is 18.5 Å². The number of carbonyl (C=O) groups is 2. The van der Waals surface area contributed by atoms with Crippen LogP contribution < -0.4 is 15.5 Å². The van der Waals surface area contributed by atoms with E-state index in [2.05, 4.69) is 5.32 Å². The Bertz CT molecular complexity index is 1370. The number of ether oxygens (including phenoxy) is 2. The molecular formula is C23H15NO6S. The topological polar surface area (TPSA) is 94.8 Å². The number of hydrogen-bond acceptors (Lipinski definition) is 7. The monoisotopic (exact) mass is 433 g/mol. The number of rotatable bonds is 5. The van der Waals surface area contributed by atoms with Gasteiger partial charge in [-0.2, -0.15) is 0 Å². The molecule has 0 saturated carbocycles. The average molecular weight is 433 g/mol. The number of cyclic esters (lactones) is 1. The van der Waals surface area contributed by atoms with Crippen LogP contribution in [0.5, 0.6) is 5.75 Å². The maximum absolute atomic E-state index is 13.0. The lowest BCUT2D eigenvalue weighted by Gasteiger charge is -2.11. The summed E-state index contributed by atoms with van der Waals surface area (Å²) in [6.45, 7) is -0.204. The number of benzene rings is 2. The Morgan fingerprint density at radius 3 is 2.81 bits per heavy atom. The molecule has 3 heterocycles. The van der Waals surface area contributed by atoms with E-state index in [4.69, 9.17) is 13.9 Å². The SMILES string of the molecule is O=C(COc1c(-c2cccs2)oc2ccccc2c1=O)Nc1ccc2c(c1)COC2=O. The highest BCUT2D eigenvalue weighted by Crippen LogP contribution is 2.33. The summed E-state index contributed by atoms with van der Waals surface area (Å²) < 4.78 is 16.6. The van der Waals surface area contributed by atoms with E-state index in [0.717, 1.165) is 4.88 Å². The van der Waals surface area contributed by atoms with Crippen molar-refractivity contribution in [1.82, 2.24) is 0 Å². The number of hydrogen-bond donors (Lipinski definition) is 1. The van der Waals surface area contributed by atoms with E-state index in [1.54, 1.807) is 42.5 Å². The lowest BCUT2D eigenvalue weighted by atomic mass is 10.1. The smallest absolute Gasteiger partial charge is 0.338 e. The largest absolute Gasteiger partial charge is 0.476 e. The fraction of sp³-hybridized carbons (Fsp3) is 0.0870. The maximum Gasteiger partial charge on any atom is 0.338 e. The molecule has 4 aromatic rings. The number of thiophene rings is 1. The molecule has 0 radical (unpaired) electrons. The van der Waals surface area contributed by atoms with E-state index in [1.165, 1.54) is 11.3 Å². The van der Waals surface area contributed by atoms with E-state index >= 15 is 0 Å². The molecule has 2 aromatic carbocycles. The maximum atomic E-state index is 13.0. The molecule has 2 aromatic heterocycles. The number of carbonyl (C=O) groups excluding carboxylic acids is 2. The molecule has 1 amide bonds. The van der Waals surface area contributed by atoms with Crippen LogP contribution in [0.4, 0.5) is 5.69 Å². The van der Waals surface area contributed by atoms with Gasteiger partial charge in [0.15, 0.2) is 12.4 Å². The fourth-order valence-electron chi connectivity index (χ4n) is 3.37. The second kappa shape index (κ2) is 7.73. The van der Waals surface area contributed by atoms with Crippen LogP contribution in [0.2, 0.25) is 0 Å². The Morgan fingerprint density at radius 1 is 1.10 bits per heavy atom. The van der Waals surface area contributed by atoms with Gasteiger partial charge in [-0.1, -0.05) is 18.2 Å². The summed E-state index contributed by atoms with van der Waals surface area (Å²) in [7, 11) is 0. The Hall–Kier alpha value is -3.91. The lowest BCUT2D eigenvalue weighted by Crippen LogP contribution is -2.22. The Labute approximate surface area is 179 Å². The van der Waals surface area contributed by atoms with Gasteiger partial charge in [0.1, 0.15) is 12.2 Å². The van der Waals surface area contributed by atoms with Gasteiger partial charge < -0.3 is 19.2 Å². The minimum Gasteiger partial charge on any atom is -0.476 e. The second-order valence-electron chi connectivity index (χ2n) is 6.85. The summed E-state index contributed by atoms with van der Waals surface area (Å²) in [6.07, 6.45) is 0. The van der Waals surface area contributed by atoms with Gasteiger partial charge in [-0.3, -0.25) is 9.59 Å². The van der Waals surface area contributed by atoms with Crippen LogP contribution >= 0.6 is 11.3 Å². The molecule has 1 aliphatic heterocycles. The number of esters is 1. The van der Waals surface area contributed by atoms with Crippen molar-refractivity contribution >= 4 is 39.9 Å². The summed E-state index contributed by atoms with van der Waals surface area (Å²) in [5, 5.41) is 4.95. The molecule has 1 aliphatic rings. The first kappa shape index (κ1) is 19.1. The molecule has 8 heteroatoms. The van der Waals surface area contributed by atoms with Crippen molar-refractivity contribution in [3.8, 4) is 16.4 Å². The fourth-order valence-corrected chi connectivity index (χ4v) is 4.07. The van der Waals surface area contributed by atoms with Crippen molar-refractivity contribution in [2.75, 3.05) is 11.9 Å².